The molecule has 18 heavy (non-hydrogen) atoms. The molecule has 0 amide bonds. The third kappa shape index (κ3) is 3.30. The van der Waals surface area contributed by atoms with E-state index in [0.29, 0.717) is 10.8 Å². The van der Waals surface area contributed by atoms with E-state index in [0.717, 1.165) is 17.1 Å². The highest BCUT2D eigenvalue weighted by atomic mass is 32.2. The van der Waals surface area contributed by atoms with Crippen molar-refractivity contribution in [2.24, 2.45) is 0 Å². The Labute approximate surface area is 113 Å². The third-order valence-corrected chi connectivity index (χ3v) is 4.25. The van der Waals surface area contributed by atoms with Gasteiger partial charge in [-0.3, -0.25) is 0 Å². The Morgan fingerprint density at radius 3 is 3.06 bits per heavy atom. The van der Waals surface area contributed by atoms with Crippen LogP contribution < -0.4 is 0 Å². The normalized spacial score (nSPS) is 10.5. The number of thiazole rings is 1. The molecule has 4 nitrogen and oxygen atoms in total. The van der Waals surface area contributed by atoms with Gasteiger partial charge in [0.1, 0.15) is 0 Å². The van der Waals surface area contributed by atoms with Crippen LogP contribution in [0.3, 0.4) is 0 Å². The van der Waals surface area contributed by atoms with Gasteiger partial charge in [0.05, 0.1) is 21.3 Å². The van der Waals surface area contributed by atoms with Crippen LogP contribution in [0, 0.1) is 0 Å². The molecule has 0 saturated carbocycles. The standard InChI is InChI=1S/C12H12N2O2S2/c1-2-10-14-9(6-17-10)7-18-11-5-8(12(15)16)3-4-13-11/h3-6H,2,7H2,1H3,(H,15,16). The van der Waals surface area contributed by atoms with Crippen molar-refractivity contribution in [1.82, 2.24) is 9.97 Å². The molecule has 1 N–H and O–H groups in total. The minimum absolute atomic E-state index is 0.264. The fraction of sp³-hybridized carbons (Fsp3) is 0.250. The summed E-state index contributed by atoms with van der Waals surface area (Å²) < 4.78 is 0. The van der Waals surface area contributed by atoms with Gasteiger partial charge in [-0.05, 0) is 18.6 Å². The van der Waals surface area contributed by atoms with Crippen molar-refractivity contribution in [3.05, 3.63) is 40.0 Å². The number of hydrogen-bond acceptors (Lipinski definition) is 5. The quantitative estimate of drug-likeness (QED) is 0.853. The molecule has 2 rings (SSSR count). The lowest BCUT2D eigenvalue weighted by Gasteiger charge is -2.00. The molecule has 0 atom stereocenters. The molecular formula is C12H12N2O2S2. The molecule has 2 aromatic heterocycles. The van der Waals surface area contributed by atoms with Crippen LogP contribution in [-0.2, 0) is 12.2 Å². The Balaban J connectivity index is 2.01. The molecule has 0 unspecified atom stereocenters. The number of aromatic nitrogens is 2. The number of hydrogen-bond donors (Lipinski definition) is 1. The molecule has 6 heteroatoms. The summed E-state index contributed by atoms with van der Waals surface area (Å²) in [4.78, 5) is 19.4. The van der Waals surface area contributed by atoms with Crippen molar-refractivity contribution in [3.63, 3.8) is 0 Å². The second kappa shape index (κ2) is 5.97. The van der Waals surface area contributed by atoms with Gasteiger partial charge in [0.2, 0.25) is 0 Å². The summed E-state index contributed by atoms with van der Waals surface area (Å²) in [5.41, 5.74) is 1.28. The number of pyridine rings is 1. The molecule has 0 aliphatic carbocycles. The average Bonchev–Trinajstić information content (AvgIpc) is 2.84. The van der Waals surface area contributed by atoms with Gasteiger partial charge in [-0.25, -0.2) is 14.8 Å². The summed E-state index contributed by atoms with van der Waals surface area (Å²) in [5.74, 6) is -0.215. The molecule has 2 aromatic rings. The highest BCUT2D eigenvalue weighted by Gasteiger charge is 2.06. The summed E-state index contributed by atoms with van der Waals surface area (Å²) in [7, 11) is 0. The van der Waals surface area contributed by atoms with Crippen molar-refractivity contribution in [2.75, 3.05) is 0 Å². The topological polar surface area (TPSA) is 63.1 Å². The van der Waals surface area contributed by atoms with Crippen LogP contribution in [0.15, 0.2) is 28.7 Å². The lowest BCUT2D eigenvalue weighted by molar-refractivity contribution is 0.0696. The van der Waals surface area contributed by atoms with Gasteiger partial charge in [-0.15, -0.1) is 11.3 Å². The number of carboxylic acids is 1. The molecular weight excluding hydrogens is 268 g/mol. The van der Waals surface area contributed by atoms with E-state index in [1.54, 1.807) is 17.4 Å². The summed E-state index contributed by atoms with van der Waals surface area (Å²) in [6, 6.07) is 3.07. The van der Waals surface area contributed by atoms with Crippen LogP contribution in [0.4, 0.5) is 0 Å². The third-order valence-electron chi connectivity index (χ3n) is 2.25. The van der Waals surface area contributed by atoms with Gasteiger partial charge in [-0.1, -0.05) is 18.7 Å². The van der Waals surface area contributed by atoms with Crippen molar-refractivity contribution >= 4 is 29.1 Å². The summed E-state index contributed by atoms with van der Waals surface area (Å²) in [5, 5.41) is 12.7. The van der Waals surface area contributed by atoms with Gasteiger partial charge in [0.15, 0.2) is 0 Å². The van der Waals surface area contributed by atoms with Crippen LogP contribution in [0.25, 0.3) is 0 Å². The first kappa shape index (κ1) is 13.0. The lowest BCUT2D eigenvalue weighted by Crippen LogP contribution is -1.96. The van der Waals surface area contributed by atoms with Gasteiger partial charge in [-0.2, -0.15) is 0 Å². The molecule has 0 aromatic carbocycles. The first-order chi connectivity index (χ1) is 8.69. The van der Waals surface area contributed by atoms with Gasteiger partial charge in [0, 0.05) is 17.3 Å². The fourth-order valence-corrected chi connectivity index (χ4v) is 2.99. The first-order valence-corrected chi connectivity index (χ1v) is 7.31. The van der Waals surface area contributed by atoms with Crippen LogP contribution in [0.5, 0.6) is 0 Å². The minimum Gasteiger partial charge on any atom is -0.478 e. The second-order valence-electron chi connectivity index (χ2n) is 3.56. The van der Waals surface area contributed by atoms with Crippen LogP contribution in [-0.4, -0.2) is 21.0 Å². The van der Waals surface area contributed by atoms with Crippen LogP contribution >= 0.6 is 23.1 Å². The number of carboxylic acid groups (broad SMARTS) is 1. The van der Waals surface area contributed by atoms with Crippen molar-refractivity contribution in [2.45, 2.75) is 24.1 Å². The highest BCUT2D eigenvalue weighted by molar-refractivity contribution is 7.98. The predicted molar refractivity (Wildman–Crippen MR) is 72.2 cm³/mol. The fourth-order valence-electron chi connectivity index (χ4n) is 1.35. The number of thioether (sulfide) groups is 1. The largest absolute Gasteiger partial charge is 0.478 e. The zero-order valence-corrected chi connectivity index (χ0v) is 11.4. The molecule has 0 spiro atoms. The van der Waals surface area contributed by atoms with Gasteiger partial charge in [0.25, 0.3) is 0 Å². The van der Waals surface area contributed by atoms with E-state index < -0.39 is 5.97 Å². The molecule has 0 aliphatic heterocycles. The molecule has 0 saturated heterocycles. The number of aryl methyl sites for hydroxylation is 1. The number of aromatic carboxylic acids is 1. The van der Waals surface area contributed by atoms with E-state index >= 15 is 0 Å². The molecule has 0 radical (unpaired) electrons. The summed E-state index contributed by atoms with van der Waals surface area (Å²) in [6.07, 6.45) is 2.46. The van der Waals surface area contributed by atoms with E-state index in [2.05, 4.69) is 16.9 Å². The monoisotopic (exact) mass is 280 g/mol. The molecule has 0 bridgehead atoms. The first-order valence-electron chi connectivity index (χ1n) is 5.44. The zero-order valence-electron chi connectivity index (χ0n) is 9.79. The maximum atomic E-state index is 10.8. The number of nitrogens with zero attached hydrogens (tertiary/aromatic N) is 2. The van der Waals surface area contributed by atoms with E-state index in [1.165, 1.54) is 24.0 Å². The Morgan fingerprint density at radius 1 is 1.56 bits per heavy atom. The smallest absolute Gasteiger partial charge is 0.335 e. The molecule has 2 heterocycles. The Bertz CT molecular complexity index is 555. The maximum Gasteiger partial charge on any atom is 0.335 e. The van der Waals surface area contributed by atoms with Crippen molar-refractivity contribution in [3.8, 4) is 0 Å². The van der Waals surface area contributed by atoms with Gasteiger partial charge < -0.3 is 5.11 Å². The molecule has 0 fully saturated rings. The van der Waals surface area contributed by atoms with Crippen molar-refractivity contribution in [1.29, 1.82) is 0 Å². The number of rotatable bonds is 5. The minimum atomic E-state index is -0.929. The average molecular weight is 280 g/mol. The van der Waals surface area contributed by atoms with E-state index in [4.69, 9.17) is 5.11 Å². The van der Waals surface area contributed by atoms with E-state index in [9.17, 15) is 4.79 Å². The van der Waals surface area contributed by atoms with E-state index in [-0.39, 0.29) is 5.56 Å². The molecule has 94 valence electrons. The molecule has 0 aliphatic rings. The van der Waals surface area contributed by atoms with Crippen LogP contribution in [0.1, 0.15) is 28.0 Å². The second-order valence-corrected chi connectivity index (χ2v) is 5.50. The Kier molecular flexibility index (Phi) is 4.33. The summed E-state index contributed by atoms with van der Waals surface area (Å²) in [6.45, 7) is 2.08. The Morgan fingerprint density at radius 2 is 2.39 bits per heavy atom. The van der Waals surface area contributed by atoms with Crippen molar-refractivity contribution < 1.29 is 9.90 Å². The van der Waals surface area contributed by atoms with E-state index in [1.807, 2.05) is 5.38 Å². The number of carbonyl (C=O) groups is 1. The van der Waals surface area contributed by atoms with Crippen LogP contribution in [0.2, 0.25) is 0 Å². The summed E-state index contributed by atoms with van der Waals surface area (Å²) >= 11 is 3.15. The lowest BCUT2D eigenvalue weighted by atomic mass is 10.3. The zero-order chi connectivity index (χ0) is 13.0. The Hall–Kier alpha value is -1.40. The predicted octanol–water partition coefficient (Wildman–Crippen LogP) is 3.09. The van der Waals surface area contributed by atoms with Gasteiger partial charge >= 0.3 is 5.97 Å². The maximum absolute atomic E-state index is 10.8. The SMILES string of the molecule is CCc1nc(CSc2cc(C(=O)O)ccn2)cs1. The highest BCUT2D eigenvalue weighted by Crippen LogP contribution is 2.22.